The highest BCUT2D eigenvalue weighted by molar-refractivity contribution is 5.16. The lowest BCUT2D eigenvalue weighted by Gasteiger charge is -2.02. The van der Waals surface area contributed by atoms with Crippen molar-refractivity contribution < 1.29 is 4.39 Å². The molecule has 0 radical (unpaired) electrons. The minimum absolute atomic E-state index is 0.199. The van der Waals surface area contributed by atoms with Crippen molar-refractivity contribution >= 4 is 0 Å². The van der Waals surface area contributed by atoms with Crippen LogP contribution in [0.5, 0.6) is 0 Å². The summed E-state index contributed by atoms with van der Waals surface area (Å²) in [6.07, 6.45) is 0. The van der Waals surface area contributed by atoms with Crippen LogP contribution in [0, 0.1) is 12.7 Å². The van der Waals surface area contributed by atoms with Crippen LogP contribution in [-0.4, -0.2) is 10.2 Å². The number of nitrogens with one attached hydrogen (secondary N) is 2. The summed E-state index contributed by atoms with van der Waals surface area (Å²) in [4.78, 5) is 0. The molecule has 1 aromatic carbocycles. The average molecular weight is 219 g/mol. The number of hydrogen-bond donors (Lipinski definition) is 2. The Balaban J connectivity index is 1.84. The Kier molecular flexibility index (Phi) is 3.31. The molecule has 84 valence electrons. The topological polar surface area (TPSA) is 40.7 Å². The smallest absolute Gasteiger partial charge is 0.123 e. The summed E-state index contributed by atoms with van der Waals surface area (Å²) in [6.45, 7) is 3.29. The Morgan fingerprint density at radius 3 is 2.88 bits per heavy atom. The number of benzene rings is 1. The molecular formula is C12H14FN3. The zero-order valence-corrected chi connectivity index (χ0v) is 9.13. The summed E-state index contributed by atoms with van der Waals surface area (Å²) in [6, 6.07) is 8.57. The molecule has 3 nitrogen and oxygen atoms in total. The normalized spacial score (nSPS) is 10.6. The molecule has 0 amide bonds. The average Bonchev–Trinajstić information content (AvgIpc) is 2.64. The third-order valence-electron chi connectivity index (χ3n) is 2.28. The van der Waals surface area contributed by atoms with Gasteiger partial charge in [0.2, 0.25) is 0 Å². The first-order valence-electron chi connectivity index (χ1n) is 5.20. The monoisotopic (exact) mass is 219 g/mol. The van der Waals surface area contributed by atoms with Gasteiger partial charge >= 0.3 is 0 Å². The largest absolute Gasteiger partial charge is 0.307 e. The van der Waals surface area contributed by atoms with Crippen LogP contribution in [0.25, 0.3) is 0 Å². The SMILES string of the molecule is Cc1cc(CNCc2cccc(F)c2)n[nH]1. The van der Waals surface area contributed by atoms with Crippen LogP contribution in [0.4, 0.5) is 4.39 Å². The predicted octanol–water partition coefficient (Wildman–Crippen LogP) is 2.15. The molecule has 0 spiro atoms. The van der Waals surface area contributed by atoms with Gasteiger partial charge in [-0.3, -0.25) is 5.10 Å². The van der Waals surface area contributed by atoms with Crippen LogP contribution in [0.1, 0.15) is 17.0 Å². The lowest BCUT2D eigenvalue weighted by atomic mass is 10.2. The van der Waals surface area contributed by atoms with Crippen LogP contribution >= 0.6 is 0 Å². The fourth-order valence-electron chi connectivity index (χ4n) is 1.55. The zero-order chi connectivity index (χ0) is 11.4. The minimum Gasteiger partial charge on any atom is -0.307 e. The Bertz CT molecular complexity index is 465. The Morgan fingerprint density at radius 1 is 1.31 bits per heavy atom. The molecule has 1 aromatic heterocycles. The van der Waals surface area contributed by atoms with E-state index in [0.717, 1.165) is 17.0 Å². The second kappa shape index (κ2) is 4.90. The Morgan fingerprint density at radius 2 is 2.19 bits per heavy atom. The van der Waals surface area contributed by atoms with E-state index >= 15 is 0 Å². The molecule has 4 heteroatoms. The summed E-state index contributed by atoms with van der Waals surface area (Å²) in [7, 11) is 0. The third kappa shape index (κ3) is 2.90. The van der Waals surface area contributed by atoms with Gasteiger partial charge in [-0.2, -0.15) is 5.10 Å². The fraction of sp³-hybridized carbons (Fsp3) is 0.250. The zero-order valence-electron chi connectivity index (χ0n) is 9.13. The maximum Gasteiger partial charge on any atom is 0.123 e. The van der Waals surface area contributed by atoms with Gasteiger partial charge < -0.3 is 5.32 Å². The Labute approximate surface area is 93.7 Å². The molecule has 0 atom stereocenters. The van der Waals surface area contributed by atoms with E-state index in [4.69, 9.17) is 0 Å². The summed E-state index contributed by atoms with van der Waals surface area (Å²) in [5, 5.41) is 10.2. The first-order chi connectivity index (χ1) is 7.74. The number of aryl methyl sites for hydroxylation is 1. The van der Waals surface area contributed by atoms with Crippen LogP contribution in [0.3, 0.4) is 0 Å². The third-order valence-corrected chi connectivity index (χ3v) is 2.28. The van der Waals surface area contributed by atoms with Crippen LogP contribution in [-0.2, 0) is 13.1 Å². The lowest BCUT2D eigenvalue weighted by molar-refractivity contribution is 0.619. The molecule has 2 N–H and O–H groups in total. The van der Waals surface area contributed by atoms with Gasteiger partial charge in [0.1, 0.15) is 5.82 Å². The van der Waals surface area contributed by atoms with Crippen molar-refractivity contribution in [2.45, 2.75) is 20.0 Å². The van der Waals surface area contributed by atoms with Crippen molar-refractivity contribution in [3.8, 4) is 0 Å². The molecule has 0 unspecified atom stereocenters. The summed E-state index contributed by atoms with van der Waals surface area (Å²) < 4.78 is 12.9. The second-order valence-corrected chi connectivity index (χ2v) is 3.78. The number of H-pyrrole nitrogens is 1. The number of halogens is 1. The molecule has 2 rings (SSSR count). The van der Waals surface area contributed by atoms with Crippen molar-refractivity contribution in [3.63, 3.8) is 0 Å². The van der Waals surface area contributed by atoms with Crippen LogP contribution in [0.2, 0.25) is 0 Å². The molecular weight excluding hydrogens is 205 g/mol. The van der Waals surface area contributed by atoms with E-state index in [2.05, 4.69) is 15.5 Å². The van der Waals surface area contributed by atoms with Gasteiger partial charge in [-0.25, -0.2) is 4.39 Å². The first kappa shape index (κ1) is 10.8. The van der Waals surface area contributed by atoms with Crippen molar-refractivity contribution in [2.24, 2.45) is 0 Å². The van der Waals surface area contributed by atoms with Gasteiger partial charge in [-0.05, 0) is 30.7 Å². The standard InChI is InChI=1S/C12H14FN3/c1-9-5-12(16-15-9)8-14-7-10-3-2-4-11(13)6-10/h2-6,14H,7-8H2,1H3,(H,15,16). The highest BCUT2D eigenvalue weighted by atomic mass is 19.1. The van der Waals surface area contributed by atoms with Crippen LogP contribution < -0.4 is 5.32 Å². The summed E-state index contributed by atoms with van der Waals surface area (Å²) in [5.74, 6) is -0.199. The van der Waals surface area contributed by atoms with E-state index in [1.165, 1.54) is 12.1 Å². The predicted molar refractivity (Wildman–Crippen MR) is 60.3 cm³/mol. The maximum absolute atomic E-state index is 12.9. The van der Waals surface area contributed by atoms with Crippen molar-refractivity contribution in [1.29, 1.82) is 0 Å². The number of aromatic amines is 1. The molecule has 0 aliphatic carbocycles. The highest BCUT2D eigenvalue weighted by Gasteiger charge is 1.98. The second-order valence-electron chi connectivity index (χ2n) is 3.78. The summed E-state index contributed by atoms with van der Waals surface area (Å²) >= 11 is 0. The van der Waals surface area contributed by atoms with E-state index in [1.54, 1.807) is 6.07 Å². The molecule has 0 fully saturated rings. The van der Waals surface area contributed by atoms with E-state index in [-0.39, 0.29) is 5.82 Å². The van der Waals surface area contributed by atoms with Gasteiger partial charge in [0, 0.05) is 18.8 Å². The van der Waals surface area contributed by atoms with Crippen LogP contribution in [0.15, 0.2) is 30.3 Å². The van der Waals surface area contributed by atoms with Gasteiger partial charge in [0.05, 0.1) is 5.69 Å². The van der Waals surface area contributed by atoms with Gasteiger partial charge in [-0.1, -0.05) is 12.1 Å². The molecule has 0 aliphatic heterocycles. The fourth-order valence-corrected chi connectivity index (χ4v) is 1.55. The van der Waals surface area contributed by atoms with E-state index in [9.17, 15) is 4.39 Å². The number of hydrogen-bond acceptors (Lipinski definition) is 2. The van der Waals surface area contributed by atoms with Crippen molar-refractivity contribution in [2.75, 3.05) is 0 Å². The molecule has 0 saturated heterocycles. The number of rotatable bonds is 4. The molecule has 1 heterocycles. The van der Waals surface area contributed by atoms with Crippen molar-refractivity contribution in [1.82, 2.24) is 15.5 Å². The lowest BCUT2D eigenvalue weighted by Crippen LogP contribution is -2.13. The highest BCUT2D eigenvalue weighted by Crippen LogP contribution is 2.03. The Hall–Kier alpha value is -1.68. The van der Waals surface area contributed by atoms with E-state index < -0.39 is 0 Å². The molecule has 2 aromatic rings. The number of nitrogens with zero attached hydrogens (tertiary/aromatic N) is 1. The number of aromatic nitrogens is 2. The first-order valence-corrected chi connectivity index (χ1v) is 5.20. The quantitative estimate of drug-likeness (QED) is 0.827. The molecule has 0 bridgehead atoms. The van der Waals surface area contributed by atoms with Crippen molar-refractivity contribution in [3.05, 3.63) is 53.1 Å². The minimum atomic E-state index is -0.199. The summed E-state index contributed by atoms with van der Waals surface area (Å²) in [5.41, 5.74) is 2.95. The van der Waals surface area contributed by atoms with E-state index in [0.29, 0.717) is 13.1 Å². The van der Waals surface area contributed by atoms with Gasteiger partial charge in [0.25, 0.3) is 0 Å². The van der Waals surface area contributed by atoms with Gasteiger partial charge in [-0.15, -0.1) is 0 Å². The van der Waals surface area contributed by atoms with Gasteiger partial charge in [0.15, 0.2) is 0 Å². The molecule has 0 aliphatic rings. The maximum atomic E-state index is 12.9. The van der Waals surface area contributed by atoms with E-state index in [1.807, 2.05) is 19.1 Å². The molecule has 0 saturated carbocycles. The molecule has 16 heavy (non-hydrogen) atoms.